The zero-order chi connectivity index (χ0) is 12.3. The number of hydrogen-bond donors (Lipinski definition) is 0. The van der Waals surface area contributed by atoms with Crippen molar-refractivity contribution in [2.75, 3.05) is 7.11 Å². The molecule has 90 valence electrons. The molecule has 0 aliphatic carbocycles. The van der Waals surface area contributed by atoms with Gasteiger partial charge in [0.05, 0.1) is 16.8 Å². The summed E-state index contributed by atoms with van der Waals surface area (Å²) in [6.45, 7) is 2.11. The number of halogens is 1. The summed E-state index contributed by atoms with van der Waals surface area (Å²) in [7, 11) is 1.72. The van der Waals surface area contributed by atoms with E-state index in [2.05, 4.69) is 52.5 Å². The van der Waals surface area contributed by atoms with Gasteiger partial charge >= 0.3 is 0 Å². The van der Waals surface area contributed by atoms with Crippen LogP contribution in [0.3, 0.4) is 0 Å². The van der Waals surface area contributed by atoms with Crippen LogP contribution in [-0.2, 0) is 6.42 Å². The molecule has 0 fully saturated rings. The van der Waals surface area contributed by atoms with Gasteiger partial charge in [0.15, 0.2) is 0 Å². The van der Waals surface area contributed by atoms with Gasteiger partial charge in [-0.1, -0.05) is 45.8 Å². The second kappa shape index (κ2) is 5.69. The molecular weight excluding hydrogens is 296 g/mol. The van der Waals surface area contributed by atoms with Gasteiger partial charge in [-0.3, -0.25) is 0 Å². The zero-order valence-electron chi connectivity index (χ0n) is 9.94. The SMILES string of the molecule is COc1ccsc1C(Br)Cc1ccc(C)cc1. The monoisotopic (exact) mass is 310 g/mol. The lowest BCUT2D eigenvalue weighted by Crippen LogP contribution is -1.95. The molecule has 0 aliphatic heterocycles. The maximum atomic E-state index is 5.34. The Morgan fingerprint density at radius 2 is 1.94 bits per heavy atom. The van der Waals surface area contributed by atoms with Gasteiger partial charge in [-0.2, -0.15) is 0 Å². The van der Waals surface area contributed by atoms with Crippen molar-refractivity contribution in [1.82, 2.24) is 0 Å². The van der Waals surface area contributed by atoms with Crippen molar-refractivity contribution in [3.8, 4) is 5.75 Å². The van der Waals surface area contributed by atoms with Gasteiger partial charge in [0, 0.05) is 0 Å². The van der Waals surface area contributed by atoms with Gasteiger partial charge in [0.1, 0.15) is 5.75 Å². The van der Waals surface area contributed by atoms with E-state index >= 15 is 0 Å². The first-order valence-electron chi connectivity index (χ1n) is 5.51. The molecule has 0 bridgehead atoms. The number of thiophene rings is 1. The van der Waals surface area contributed by atoms with Crippen molar-refractivity contribution < 1.29 is 4.74 Å². The molecule has 0 saturated heterocycles. The lowest BCUT2D eigenvalue weighted by atomic mass is 10.1. The van der Waals surface area contributed by atoms with E-state index < -0.39 is 0 Å². The predicted molar refractivity (Wildman–Crippen MR) is 77.4 cm³/mol. The Kier molecular flexibility index (Phi) is 4.24. The van der Waals surface area contributed by atoms with Crippen LogP contribution in [0.5, 0.6) is 5.75 Å². The normalized spacial score (nSPS) is 12.4. The van der Waals surface area contributed by atoms with Crippen molar-refractivity contribution in [3.63, 3.8) is 0 Å². The van der Waals surface area contributed by atoms with Crippen LogP contribution in [0.25, 0.3) is 0 Å². The first kappa shape index (κ1) is 12.7. The second-order valence-electron chi connectivity index (χ2n) is 4.01. The van der Waals surface area contributed by atoms with Crippen molar-refractivity contribution in [2.45, 2.75) is 18.2 Å². The Hall–Kier alpha value is -0.800. The van der Waals surface area contributed by atoms with Gasteiger partial charge in [-0.05, 0) is 30.4 Å². The van der Waals surface area contributed by atoms with Crippen LogP contribution in [0.1, 0.15) is 20.8 Å². The molecule has 1 heterocycles. The van der Waals surface area contributed by atoms with Gasteiger partial charge in [0.2, 0.25) is 0 Å². The van der Waals surface area contributed by atoms with Gasteiger partial charge < -0.3 is 4.74 Å². The number of benzene rings is 1. The van der Waals surface area contributed by atoms with Crippen LogP contribution >= 0.6 is 27.3 Å². The third-order valence-corrected chi connectivity index (χ3v) is 4.79. The Balaban J connectivity index is 2.11. The number of rotatable bonds is 4. The summed E-state index contributed by atoms with van der Waals surface area (Å²) in [6.07, 6.45) is 0.983. The van der Waals surface area contributed by atoms with Gasteiger partial charge in [0.25, 0.3) is 0 Å². The lowest BCUT2D eigenvalue weighted by molar-refractivity contribution is 0.412. The fourth-order valence-electron chi connectivity index (χ4n) is 1.73. The van der Waals surface area contributed by atoms with Crippen molar-refractivity contribution in [1.29, 1.82) is 0 Å². The van der Waals surface area contributed by atoms with Gasteiger partial charge in [-0.25, -0.2) is 0 Å². The minimum Gasteiger partial charge on any atom is -0.496 e. The fraction of sp³-hybridized carbons (Fsp3) is 0.286. The van der Waals surface area contributed by atoms with Crippen LogP contribution < -0.4 is 4.74 Å². The molecule has 17 heavy (non-hydrogen) atoms. The summed E-state index contributed by atoms with van der Waals surface area (Å²) < 4.78 is 5.34. The summed E-state index contributed by atoms with van der Waals surface area (Å²) in [5, 5.41) is 2.07. The number of aryl methyl sites for hydroxylation is 1. The molecule has 1 atom stereocenters. The highest BCUT2D eigenvalue weighted by Crippen LogP contribution is 2.37. The number of methoxy groups -OCH3 is 1. The zero-order valence-corrected chi connectivity index (χ0v) is 12.3. The standard InChI is InChI=1S/C14H15BrOS/c1-10-3-5-11(6-4-10)9-12(15)14-13(16-2)7-8-17-14/h3-8,12H,9H2,1-2H3. The Labute approximate surface area is 115 Å². The van der Waals surface area contributed by atoms with Crippen molar-refractivity contribution >= 4 is 27.3 Å². The third kappa shape index (κ3) is 3.11. The number of ether oxygens (including phenoxy) is 1. The van der Waals surface area contributed by atoms with E-state index in [4.69, 9.17) is 4.74 Å². The molecule has 0 spiro atoms. The first-order chi connectivity index (χ1) is 8.20. The Morgan fingerprint density at radius 1 is 1.24 bits per heavy atom. The summed E-state index contributed by atoms with van der Waals surface area (Å²) >= 11 is 5.48. The molecule has 1 unspecified atom stereocenters. The quantitative estimate of drug-likeness (QED) is 0.741. The molecule has 2 aromatic rings. The molecule has 0 radical (unpaired) electrons. The fourth-order valence-corrected chi connectivity index (χ4v) is 3.49. The first-order valence-corrected chi connectivity index (χ1v) is 7.31. The third-order valence-electron chi connectivity index (χ3n) is 2.70. The van der Waals surface area contributed by atoms with Crippen LogP contribution in [0.4, 0.5) is 0 Å². The molecule has 1 nitrogen and oxygen atoms in total. The number of alkyl halides is 1. The van der Waals surface area contributed by atoms with Crippen LogP contribution in [0.15, 0.2) is 35.7 Å². The summed E-state index contributed by atoms with van der Waals surface area (Å²) in [5.41, 5.74) is 2.64. The van der Waals surface area contributed by atoms with E-state index in [1.807, 2.05) is 6.07 Å². The van der Waals surface area contributed by atoms with E-state index in [9.17, 15) is 0 Å². The van der Waals surface area contributed by atoms with E-state index in [1.54, 1.807) is 18.4 Å². The predicted octanol–water partition coefficient (Wildman–Crippen LogP) is 4.74. The van der Waals surface area contributed by atoms with E-state index in [0.29, 0.717) is 4.83 Å². The Morgan fingerprint density at radius 3 is 2.59 bits per heavy atom. The molecule has 0 amide bonds. The highest BCUT2D eigenvalue weighted by molar-refractivity contribution is 9.09. The summed E-state index contributed by atoms with van der Waals surface area (Å²) in [5.74, 6) is 0.976. The average Bonchev–Trinajstić information content (AvgIpc) is 2.80. The molecule has 0 N–H and O–H groups in total. The molecule has 1 aromatic carbocycles. The summed E-state index contributed by atoms with van der Waals surface area (Å²) in [6, 6.07) is 10.7. The molecule has 1 aromatic heterocycles. The number of hydrogen-bond acceptors (Lipinski definition) is 2. The van der Waals surface area contributed by atoms with Crippen LogP contribution in [0.2, 0.25) is 0 Å². The lowest BCUT2D eigenvalue weighted by Gasteiger charge is -2.10. The van der Waals surface area contributed by atoms with Crippen molar-refractivity contribution in [2.24, 2.45) is 0 Å². The minimum absolute atomic E-state index is 0.320. The highest BCUT2D eigenvalue weighted by Gasteiger charge is 2.15. The van der Waals surface area contributed by atoms with Gasteiger partial charge in [-0.15, -0.1) is 11.3 Å². The Bertz CT molecular complexity index is 475. The molecular formula is C14H15BrOS. The smallest absolute Gasteiger partial charge is 0.133 e. The van der Waals surface area contributed by atoms with Crippen LogP contribution in [0, 0.1) is 6.92 Å². The second-order valence-corrected chi connectivity index (χ2v) is 6.06. The van der Waals surface area contributed by atoms with E-state index in [-0.39, 0.29) is 0 Å². The molecule has 3 heteroatoms. The molecule has 2 rings (SSSR count). The maximum absolute atomic E-state index is 5.34. The maximum Gasteiger partial charge on any atom is 0.133 e. The minimum atomic E-state index is 0.320. The van der Waals surface area contributed by atoms with Crippen molar-refractivity contribution in [3.05, 3.63) is 51.7 Å². The molecule has 0 aliphatic rings. The topological polar surface area (TPSA) is 9.23 Å². The summed E-state index contributed by atoms with van der Waals surface area (Å²) in [4.78, 5) is 1.58. The molecule has 0 saturated carbocycles. The van der Waals surface area contributed by atoms with Crippen LogP contribution in [-0.4, -0.2) is 7.11 Å². The highest BCUT2D eigenvalue weighted by atomic mass is 79.9. The average molecular weight is 311 g/mol. The largest absolute Gasteiger partial charge is 0.496 e. The van der Waals surface area contributed by atoms with E-state index in [1.165, 1.54) is 16.0 Å². The van der Waals surface area contributed by atoms with E-state index in [0.717, 1.165) is 12.2 Å².